The van der Waals surface area contributed by atoms with E-state index >= 15 is 0 Å². The van der Waals surface area contributed by atoms with Crippen LogP contribution in [0.3, 0.4) is 0 Å². The van der Waals surface area contributed by atoms with Crippen LogP contribution in [0.4, 0.5) is 0 Å². The summed E-state index contributed by atoms with van der Waals surface area (Å²) in [4.78, 5) is 35.6. The molecule has 0 atom stereocenters. The molecule has 34 heavy (non-hydrogen) atoms. The van der Waals surface area contributed by atoms with E-state index in [1.54, 1.807) is 18.2 Å². The van der Waals surface area contributed by atoms with Gasteiger partial charge in [0, 0.05) is 19.9 Å². The predicted molar refractivity (Wildman–Crippen MR) is 130 cm³/mol. The van der Waals surface area contributed by atoms with Crippen LogP contribution in [0.15, 0.2) is 54.6 Å². The van der Waals surface area contributed by atoms with Crippen molar-refractivity contribution in [2.24, 2.45) is 5.92 Å². The van der Waals surface area contributed by atoms with E-state index in [0.29, 0.717) is 35.9 Å². The normalized spacial score (nSPS) is 10.9. The van der Waals surface area contributed by atoms with Gasteiger partial charge in [-0.05, 0) is 67.1 Å². The van der Waals surface area contributed by atoms with Crippen LogP contribution in [-0.4, -0.2) is 25.0 Å². The first-order chi connectivity index (χ1) is 16.3. The minimum atomic E-state index is -0.572. The highest BCUT2D eigenvalue weighted by Gasteiger charge is 2.14. The van der Waals surface area contributed by atoms with Crippen molar-refractivity contribution in [2.45, 2.75) is 53.0 Å². The lowest BCUT2D eigenvalue weighted by atomic mass is 10.1. The summed E-state index contributed by atoms with van der Waals surface area (Å²) in [6, 6.07) is 11.2. The summed E-state index contributed by atoms with van der Waals surface area (Å²) in [5.74, 6) is 0.531. The summed E-state index contributed by atoms with van der Waals surface area (Å²) in [7, 11) is 1.48. The molecule has 0 unspecified atom stereocenters. The van der Waals surface area contributed by atoms with Crippen molar-refractivity contribution in [1.82, 2.24) is 5.32 Å². The number of carbonyl (C=O) groups excluding carboxylic acids is 3. The molecule has 1 N–H and O–H groups in total. The fourth-order valence-corrected chi connectivity index (χ4v) is 3.10. The summed E-state index contributed by atoms with van der Waals surface area (Å²) >= 11 is 0. The van der Waals surface area contributed by atoms with Crippen molar-refractivity contribution in [1.29, 1.82) is 0 Å². The van der Waals surface area contributed by atoms with Crippen molar-refractivity contribution in [2.75, 3.05) is 7.11 Å². The van der Waals surface area contributed by atoms with Crippen LogP contribution in [0.5, 0.6) is 17.2 Å². The molecule has 0 heterocycles. The van der Waals surface area contributed by atoms with E-state index in [1.165, 1.54) is 38.3 Å². The number of methoxy groups -OCH3 is 1. The minimum Gasteiger partial charge on any atom is -0.493 e. The first kappa shape index (κ1) is 26.6. The Morgan fingerprint density at radius 3 is 2.35 bits per heavy atom. The Balaban J connectivity index is 1.86. The molecule has 0 spiro atoms. The predicted octanol–water partition coefficient (Wildman–Crippen LogP) is 5.23. The highest BCUT2D eigenvalue weighted by molar-refractivity contribution is 5.91. The van der Waals surface area contributed by atoms with E-state index in [1.807, 2.05) is 0 Å². The zero-order valence-corrected chi connectivity index (χ0v) is 20.3. The Morgan fingerprint density at radius 2 is 1.71 bits per heavy atom. The molecule has 7 nitrogen and oxygen atoms in total. The first-order valence-corrected chi connectivity index (χ1v) is 11.4. The van der Waals surface area contributed by atoms with E-state index in [9.17, 15) is 14.4 Å². The molecular weight excluding hydrogens is 434 g/mol. The minimum absolute atomic E-state index is 0.000454. The van der Waals surface area contributed by atoms with Crippen LogP contribution in [0.25, 0.3) is 0 Å². The molecule has 0 aromatic heterocycles. The van der Waals surface area contributed by atoms with Gasteiger partial charge in [0.2, 0.25) is 5.91 Å². The SMILES string of the molecule is COc1cc(CNC(=O)CCCCC=CC(C)C)ccc1OC(=O)c1ccc(OC(C)=O)cc1. The topological polar surface area (TPSA) is 90.9 Å². The van der Waals surface area contributed by atoms with Gasteiger partial charge in [0.05, 0.1) is 12.7 Å². The van der Waals surface area contributed by atoms with E-state index in [0.717, 1.165) is 24.8 Å². The number of hydrogen-bond acceptors (Lipinski definition) is 6. The molecule has 1 amide bonds. The molecule has 182 valence electrons. The monoisotopic (exact) mass is 467 g/mol. The van der Waals surface area contributed by atoms with Gasteiger partial charge in [0.15, 0.2) is 11.5 Å². The Labute approximate surface area is 201 Å². The van der Waals surface area contributed by atoms with E-state index < -0.39 is 11.9 Å². The van der Waals surface area contributed by atoms with E-state index in [2.05, 4.69) is 31.3 Å². The van der Waals surface area contributed by atoms with Gasteiger partial charge >= 0.3 is 11.9 Å². The van der Waals surface area contributed by atoms with Gasteiger partial charge in [-0.25, -0.2) is 4.79 Å². The van der Waals surface area contributed by atoms with Crippen LogP contribution in [-0.2, 0) is 16.1 Å². The highest BCUT2D eigenvalue weighted by atomic mass is 16.6. The number of benzene rings is 2. The number of nitrogens with one attached hydrogen (secondary N) is 1. The Morgan fingerprint density at radius 1 is 0.971 bits per heavy atom. The third kappa shape index (κ3) is 9.48. The first-order valence-electron chi connectivity index (χ1n) is 11.4. The maximum Gasteiger partial charge on any atom is 0.343 e. The molecule has 0 aliphatic heterocycles. The molecule has 2 aromatic rings. The Kier molecular flexibility index (Phi) is 10.8. The lowest BCUT2D eigenvalue weighted by Crippen LogP contribution is -2.22. The van der Waals surface area contributed by atoms with Crippen molar-refractivity contribution < 1.29 is 28.6 Å². The molecule has 0 radical (unpaired) electrons. The van der Waals surface area contributed by atoms with Gasteiger partial charge in [-0.1, -0.05) is 32.1 Å². The molecule has 2 aromatic carbocycles. The zero-order chi connectivity index (χ0) is 24.9. The molecular formula is C27H33NO6. The second-order valence-corrected chi connectivity index (χ2v) is 8.19. The smallest absolute Gasteiger partial charge is 0.343 e. The van der Waals surface area contributed by atoms with Gasteiger partial charge in [0.1, 0.15) is 5.75 Å². The van der Waals surface area contributed by atoms with Crippen molar-refractivity contribution in [3.63, 3.8) is 0 Å². The standard InChI is InChI=1S/C27H33NO6/c1-19(2)9-7-5-6-8-10-26(30)28-18-21-11-16-24(25(17-21)32-4)34-27(31)22-12-14-23(15-13-22)33-20(3)29/h7,9,11-17,19H,5-6,8,10,18H2,1-4H3,(H,28,30). The van der Waals surface area contributed by atoms with Crippen LogP contribution >= 0.6 is 0 Å². The molecule has 2 rings (SSSR count). The third-order valence-electron chi connectivity index (χ3n) is 4.82. The number of carbonyl (C=O) groups is 3. The summed E-state index contributed by atoms with van der Waals surface area (Å²) in [6.07, 6.45) is 7.64. The summed E-state index contributed by atoms with van der Waals surface area (Å²) in [5.41, 5.74) is 1.13. The molecule has 0 saturated carbocycles. The number of rotatable bonds is 12. The molecule has 7 heteroatoms. The van der Waals surface area contributed by atoms with Crippen molar-refractivity contribution >= 4 is 17.8 Å². The molecule has 0 bridgehead atoms. The van der Waals surface area contributed by atoms with E-state index in [-0.39, 0.29) is 11.7 Å². The Hall–Kier alpha value is -3.61. The summed E-state index contributed by atoms with van der Waals surface area (Å²) in [6.45, 7) is 5.94. The maximum atomic E-state index is 12.5. The van der Waals surface area contributed by atoms with Gasteiger partial charge in [-0.15, -0.1) is 0 Å². The number of ether oxygens (including phenoxy) is 3. The number of unbranched alkanes of at least 4 members (excludes halogenated alkanes) is 2. The number of allylic oxidation sites excluding steroid dienone is 2. The maximum absolute atomic E-state index is 12.5. The summed E-state index contributed by atoms with van der Waals surface area (Å²) in [5, 5.41) is 2.91. The quantitative estimate of drug-likeness (QED) is 0.199. The van der Waals surface area contributed by atoms with Crippen molar-refractivity contribution in [3.05, 3.63) is 65.7 Å². The number of esters is 2. The molecule has 0 fully saturated rings. The van der Waals surface area contributed by atoms with Crippen LogP contribution in [0, 0.1) is 5.92 Å². The van der Waals surface area contributed by atoms with Gasteiger partial charge < -0.3 is 19.5 Å². The van der Waals surface area contributed by atoms with Gasteiger partial charge in [0.25, 0.3) is 0 Å². The van der Waals surface area contributed by atoms with E-state index in [4.69, 9.17) is 14.2 Å². The second kappa shape index (κ2) is 13.8. The third-order valence-corrected chi connectivity index (χ3v) is 4.82. The van der Waals surface area contributed by atoms with Crippen molar-refractivity contribution in [3.8, 4) is 17.2 Å². The fraction of sp³-hybridized carbons (Fsp3) is 0.370. The molecule has 0 aliphatic rings. The lowest BCUT2D eigenvalue weighted by molar-refractivity contribution is -0.131. The summed E-state index contributed by atoms with van der Waals surface area (Å²) < 4.78 is 15.8. The van der Waals surface area contributed by atoms with Crippen LogP contribution in [0.1, 0.15) is 62.4 Å². The molecule has 0 aliphatic carbocycles. The average molecular weight is 468 g/mol. The molecule has 0 saturated heterocycles. The van der Waals surface area contributed by atoms with Gasteiger partial charge in [-0.3, -0.25) is 9.59 Å². The lowest BCUT2D eigenvalue weighted by Gasteiger charge is -2.12. The largest absolute Gasteiger partial charge is 0.493 e. The average Bonchev–Trinajstić information content (AvgIpc) is 2.80. The second-order valence-electron chi connectivity index (χ2n) is 8.19. The van der Waals surface area contributed by atoms with Crippen LogP contribution < -0.4 is 19.5 Å². The number of amides is 1. The number of hydrogen-bond donors (Lipinski definition) is 1. The highest BCUT2D eigenvalue weighted by Crippen LogP contribution is 2.29. The Bertz CT molecular complexity index is 995. The van der Waals surface area contributed by atoms with Crippen LogP contribution in [0.2, 0.25) is 0 Å². The fourth-order valence-electron chi connectivity index (χ4n) is 3.10. The zero-order valence-electron chi connectivity index (χ0n) is 20.3. The van der Waals surface area contributed by atoms with Gasteiger partial charge in [-0.2, -0.15) is 0 Å².